The number of nitrogens with one attached hydrogen (secondary N) is 2. The summed E-state index contributed by atoms with van der Waals surface area (Å²) in [6.07, 6.45) is 0.612. The number of aromatic nitrogens is 1. The number of aryl methyl sites for hydroxylation is 2. The van der Waals surface area contributed by atoms with Crippen molar-refractivity contribution < 1.29 is 9.59 Å². The molecule has 0 unspecified atom stereocenters. The number of nitrogens with zero attached hydrogens (tertiary/aromatic N) is 1. The normalized spacial score (nSPS) is 10.5. The molecule has 0 bridgehead atoms. The van der Waals surface area contributed by atoms with E-state index in [4.69, 9.17) is 11.6 Å². The third-order valence-corrected chi connectivity index (χ3v) is 5.62. The molecule has 0 fully saturated rings. The van der Waals surface area contributed by atoms with Crippen LogP contribution >= 0.6 is 22.9 Å². The first kappa shape index (κ1) is 20.0. The Morgan fingerprint density at radius 1 is 1.07 bits per heavy atom. The lowest BCUT2D eigenvalue weighted by Crippen LogP contribution is -2.36. The molecule has 5 nitrogen and oxygen atoms in total. The van der Waals surface area contributed by atoms with E-state index < -0.39 is 11.8 Å². The van der Waals surface area contributed by atoms with Gasteiger partial charge in [0.2, 0.25) is 0 Å². The van der Waals surface area contributed by atoms with Crippen LogP contribution in [0.1, 0.15) is 16.1 Å². The number of benzene rings is 2. The first-order valence-electron chi connectivity index (χ1n) is 8.80. The molecule has 3 rings (SSSR count). The number of carbonyl (C=O) groups excluding carboxylic acids is 2. The molecule has 144 valence electrons. The Labute approximate surface area is 172 Å². The summed E-state index contributed by atoms with van der Waals surface area (Å²) in [5.41, 5.74) is 3.54. The van der Waals surface area contributed by atoms with E-state index in [0.717, 1.165) is 26.7 Å². The Bertz CT molecular complexity index is 999. The van der Waals surface area contributed by atoms with Crippen LogP contribution in [0.15, 0.2) is 48.5 Å². The number of rotatable bonds is 5. The molecule has 2 N–H and O–H groups in total. The monoisotopic (exact) mass is 413 g/mol. The molecule has 0 radical (unpaired) electrons. The topological polar surface area (TPSA) is 71.1 Å². The second kappa shape index (κ2) is 8.99. The van der Waals surface area contributed by atoms with Crippen molar-refractivity contribution in [2.24, 2.45) is 0 Å². The number of amides is 2. The standard InChI is InChI=1S/C21H20ClN3O2S/c1-13-4-3-5-17(12-13)25-20(27)19(26)23-11-10-18-14(2)24-21(28-18)15-6-8-16(22)9-7-15/h3-9,12H,10-11H2,1-2H3,(H,23,26)(H,25,27). The Morgan fingerprint density at radius 3 is 2.54 bits per heavy atom. The summed E-state index contributed by atoms with van der Waals surface area (Å²) < 4.78 is 0. The molecule has 2 amide bonds. The van der Waals surface area contributed by atoms with Crippen molar-refractivity contribution in [3.8, 4) is 10.6 Å². The van der Waals surface area contributed by atoms with Gasteiger partial charge in [-0.25, -0.2) is 4.98 Å². The fourth-order valence-electron chi connectivity index (χ4n) is 2.66. The Kier molecular flexibility index (Phi) is 6.44. The SMILES string of the molecule is Cc1cccc(NC(=O)C(=O)NCCc2sc(-c3ccc(Cl)cc3)nc2C)c1. The molecular weight excluding hydrogens is 394 g/mol. The van der Waals surface area contributed by atoms with Crippen LogP contribution in [0.2, 0.25) is 5.02 Å². The fourth-order valence-corrected chi connectivity index (χ4v) is 3.85. The highest BCUT2D eigenvalue weighted by atomic mass is 35.5. The molecule has 0 saturated carbocycles. The summed E-state index contributed by atoms with van der Waals surface area (Å²) >= 11 is 7.50. The van der Waals surface area contributed by atoms with Gasteiger partial charge in [0.15, 0.2) is 0 Å². The van der Waals surface area contributed by atoms with Crippen LogP contribution in [-0.2, 0) is 16.0 Å². The minimum Gasteiger partial charge on any atom is -0.347 e. The summed E-state index contributed by atoms with van der Waals surface area (Å²) in [6.45, 7) is 4.23. The van der Waals surface area contributed by atoms with Gasteiger partial charge < -0.3 is 10.6 Å². The lowest BCUT2D eigenvalue weighted by molar-refractivity contribution is -0.136. The van der Waals surface area contributed by atoms with Crippen LogP contribution in [0, 0.1) is 13.8 Å². The second-order valence-electron chi connectivity index (χ2n) is 6.36. The summed E-state index contributed by atoms with van der Waals surface area (Å²) in [5, 5.41) is 6.86. The maximum atomic E-state index is 12.0. The van der Waals surface area contributed by atoms with E-state index in [9.17, 15) is 9.59 Å². The van der Waals surface area contributed by atoms with Crippen molar-refractivity contribution in [3.63, 3.8) is 0 Å². The largest absolute Gasteiger partial charge is 0.347 e. The van der Waals surface area contributed by atoms with Crippen LogP contribution in [-0.4, -0.2) is 23.3 Å². The predicted molar refractivity (Wildman–Crippen MR) is 114 cm³/mol. The smallest absolute Gasteiger partial charge is 0.313 e. The summed E-state index contributed by atoms with van der Waals surface area (Å²) in [6, 6.07) is 14.8. The van der Waals surface area contributed by atoms with Gasteiger partial charge in [-0.2, -0.15) is 0 Å². The van der Waals surface area contributed by atoms with Gasteiger partial charge in [-0.15, -0.1) is 11.3 Å². The molecule has 2 aromatic carbocycles. The van der Waals surface area contributed by atoms with E-state index in [2.05, 4.69) is 15.6 Å². The van der Waals surface area contributed by atoms with Crippen molar-refractivity contribution in [1.29, 1.82) is 0 Å². The molecular formula is C21H20ClN3O2S. The van der Waals surface area contributed by atoms with Crippen LogP contribution in [0.3, 0.4) is 0 Å². The van der Waals surface area contributed by atoms with Gasteiger partial charge in [0.25, 0.3) is 0 Å². The van der Waals surface area contributed by atoms with Crippen molar-refractivity contribution in [2.75, 3.05) is 11.9 Å². The van der Waals surface area contributed by atoms with Gasteiger partial charge >= 0.3 is 11.8 Å². The lowest BCUT2D eigenvalue weighted by Gasteiger charge is -2.06. The third kappa shape index (κ3) is 5.18. The van der Waals surface area contributed by atoms with Crippen molar-refractivity contribution >= 4 is 40.4 Å². The summed E-state index contributed by atoms with van der Waals surface area (Å²) in [5.74, 6) is -1.32. The van der Waals surface area contributed by atoms with Crippen molar-refractivity contribution in [3.05, 3.63) is 69.7 Å². The van der Waals surface area contributed by atoms with Gasteiger partial charge in [0, 0.05) is 34.1 Å². The zero-order valence-corrected chi connectivity index (χ0v) is 17.2. The minimum absolute atomic E-state index is 0.364. The van der Waals surface area contributed by atoms with Crippen LogP contribution in [0.4, 0.5) is 5.69 Å². The molecule has 0 spiro atoms. The first-order valence-corrected chi connectivity index (χ1v) is 10.00. The molecule has 0 aliphatic heterocycles. The first-order chi connectivity index (χ1) is 13.4. The lowest BCUT2D eigenvalue weighted by atomic mass is 10.2. The van der Waals surface area contributed by atoms with E-state index in [1.807, 2.05) is 56.3 Å². The van der Waals surface area contributed by atoms with E-state index in [0.29, 0.717) is 23.7 Å². The highest BCUT2D eigenvalue weighted by Gasteiger charge is 2.14. The van der Waals surface area contributed by atoms with Crippen LogP contribution in [0.25, 0.3) is 10.6 Å². The quantitative estimate of drug-likeness (QED) is 0.610. The van der Waals surface area contributed by atoms with Crippen LogP contribution < -0.4 is 10.6 Å². The van der Waals surface area contributed by atoms with Gasteiger partial charge in [-0.1, -0.05) is 35.9 Å². The fraction of sp³-hybridized carbons (Fsp3) is 0.190. The average Bonchev–Trinajstić information content (AvgIpc) is 3.03. The van der Waals surface area contributed by atoms with Crippen molar-refractivity contribution in [1.82, 2.24) is 10.3 Å². The van der Waals surface area contributed by atoms with Gasteiger partial charge in [0.1, 0.15) is 5.01 Å². The van der Waals surface area contributed by atoms with E-state index in [-0.39, 0.29) is 0 Å². The summed E-state index contributed by atoms with van der Waals surface area (Å²) in [4.78, 5) is 29.7. The van der Waals surface area contributed by atoms with Gasteiger partial charge in [-0.3, -0.25) is 9.59 Å². The second-order valence-corrected chi connectivity index (χ2v) is 7.88. The number of anilines is 1. The number of hydrogen-bond donors (Lipinski definition) is 2. The van der Waals surface area contributed by atoms with E-state index in [1.54, 1.807) is 17.4 Å². The molecule has 0 aliphatic rings. The summed E-state index contributed by atoms with van der Waals surface area (Å²) in [7, 11) is 0. The Morgan fingerprint density at radius 2 is 1.82 bits per heavy atom. The predicted octanol–water partition coefficient (Wildman–Crippen LogP) is 4.38. The molecule has 3 aromatic rings. The van der Waals surface area contributed by atoms with Gasteiger partial charge in [-0.05, 0) is 43.7 Å². The maximum absolute atomic E-state index is 12.0. The van der Waals surface area contributed by atoms with E-state index in [1.165, 1.54) is 0 Å². The maximum Gasteiger partial charge on any atom is 0.313 e. The molecule has 1 aromatic heterocycles. The molecule has 7 heteroatoms. The number of carbonyl (C=O) groups is 2. The van der Waals surface area contributed by atoms with Crippen LogP contribution in [0.5, 0.6) is 0 Å². The average molecular weight is 414 g/mol. The molecule has 28 heavy (non-hydrogen) atoms. The minimum atomic E-state index is -0.673. The zero-order chi connectivity index (χ0) is 20.1. The number of halogens is 1. The Balaban J connectivity index is 1.53. The van der Waals surface area contributed by atoms with Gasteiger partial charge in [0.05, 0.1) is 5.69 Å². The highest BCUT2D eigenvalue weighted by molar-refractivity contribution is 7.15. The Hall–Kier alpha value is -2.70. The molecule has 0 atom stereocenters. The third-order valence-electron chi connectivity index (χ3n) is 4.10. The highest BCUT2D eigenvalue weighted by Crippen LogP contribution is 2.28. The molecule has 0 saturated heterocycles. The van der Waals surface area contributed by atoms with E-state index >= 15 is 0 Å². The molecule has 0 aliphatic carbocycles. The molecule has 1 heterocycles. The zero-order valence-electron chi connectivity index (χ0n) is 15.6. The number of thiazole rings is 1. The van der Waals surface area contributed by atoms with Crippen molar-refractivity contribution in [2.45, 2.75) is 20.3 Å². The number of hydrogen-bond acceptors (Lipinski definition) is 4.